The largest absolute Gasteiger partial charge is 0.506 e. The van der Waals surface area contributed by atoms with Crippen LogP contribution in [-0.2, 0) is 16.1 Å². The molecule has 0 radical (unpaired) electrons. The summed E-state index contributed by atoms with van der Waals surface area (Å²) in [5, 5.41) is 21.8. The summed E-state index contributed by atoms with van der Waals surface area (Å²) in [4.78, 5) is 24.5. The summed E-state index contributed by atoms with van der Waals surface area (Å²) < 4.78 is 6.78. The van der Waals surface area contributed by atoms with Gasteiger partial charge in [-0.15, -0.1) is 11.3 Å². The smallest absolute Gasteiger partial charge is 0.351 e. The highest BCUT2D eigenvalue weighted by atomic mass is 35.5. The number of anilines is 1. The van der Waals surface area contributed by atoms with Crippen molar-refractivity contribution in [1.82, 2.24) is 4.57 Å². The van der Waals surface area contributed by atoms with Gasteiger partial charge in [0.15, 0.2) is 5.57 Å². The van der Waals surface area contributed by atoms with Gasteiger partial charge >= 0.3 is 5.97 Å². The highest BCUT2D eigenvalue weighted by Gasteiger charge is 2.16. The highest BCUT2D eigenvalue weighted by molar-refractivity contribution is 7.07. The molecule has 2 aromatic rings. The Bertz CT molecular complexity index is 1050. The molecule has 0 aliphatic heterocycles. The number of aromatic nitrogens is 1. The second-order valence-electron chi connectivity index (χ2n) is 4.98. The van der Waals surface area contributed by atoms with Crippen molar-refractivity contribution in [3.05, 3.63) is 42.8 Å². The van der Waals surface area contributed by atoms with E-state index in [0.29, 0.717) is 16.8 Å². The average molecular weight is 394 g/mol. The summed E-state index contributed by atoms with van der Waals surface area (Å²) in [6.07, 6.45) is 1.46. The van der Waals surface area contributed by atoms with E-state index in [1.54, 1.807) is 19.9 Å². The first-order chi connectivity index (χ1) is 12.4. The molecule has 1 aromatic heterocycles. The van der Waals surface area contributed by atoms with Crippen LogP contribution in [0.2, 0.25) is 5.02 Å². The van der Waals surface area contributed by atoms with E-state index in [9.17, 15) is 20.0 Å². The SMILES string of the molecule is CCOC(=O)/C(C#N)=c1/s/c(=C/Nc2ccc(O)c(Cl)c2)c(=O)n1CC. The molecular formula is C17H16ClN3O4S. The Kier molecular flexibility index (Phi) is 6.44. The number of thiazole rings is 1. The highest BCUT2D eigenvalue weighted by Crippen LogP contribution is 2.25. The van der Waals surface area contributed by atoms with Gasteiger partial charge in [0.25, 0.3) is 5.56 Å². The van der Waals surface area contributed by atoms with Crippen molar-refractivity contribution in [3.63, 3.8) is 0 Å². The number of carbonyl (C=O) groups excluding carboxylic acids is 1. The number of rotatable bonds is 5. The summed E-state index contributed by atoms with van der Waals surface area (Å²) in [6, 6.07) is 6.34. The standard InChI is InChI=1S/C17H16ClN3O4S/c1-3-21-15(23)14(9-20-10-5-6-13(22)12(18)7-10)26-16(21)11(8-19)17(24)25-4-2/h5-7,9,20,22H,3-4H2,1-2H3/b14-9+,16-11+. The fourth-order valence-electron chi connectivity index (χ4n) is 2.12. The van der Waals surface area contributed by atoms with Crippen molar-refractivity contribution in [2.45, 2.75) is 20.4 Å². The van der Waals surface area contributed by atoms with E-state index in [4.69, 9.17) is 16.3 Å². The molecule has 2 rings (SSSR count). The summed E-state index contributed by atoms with van der Waals surface area (Å²) in [5.41, 5.74) is 0.0325. The number of benzene rings is 1. The first kappa shape index (κ1) is 19.6. The molecule has 26 heavy (non-hydrogen) atoms. The normalized spacial score (nSPS) is 12.5. The van der Waals surface area contributed by atoms with Crippen LogP contribution in [0.1, 0.15) is 13.8 Å². The Labute approximate surface area is 158 Å². The Hall–Kier alpha value is -2.76. The van der Waals surface area contributed by atoms with Crippen LogP contribution in [0, 0.1) is 11.3 Å². The van der Waals surface area contributed by atoms with Gasteiger partial charge in [-0.1, -0.05) is 11.6 Å². The summed E-state index contributed by atoms with van der Waals surface area (Å²) in [5.74, 6) is -0.810. The number of hydrogen-bond acceptors (Lipinski definition) is 7. The molecule has 0 saturated heterocycles. The lowest BCUT2D eigenvalue weighted by Crippen LogP contribution is -2.32. The van der Waals surface area contributed by atoms with Gasteiger partial charge in [-0.05, 0) is 32.0 Å². The zero-order valence-electron chi connectivity index (χ0n) is 14.1. The maximum atomic E-state index is 12.5. The maximum absolute atomic E-state index is 12.5. The molecule has 7 nitrogen and oxygen atoms in total. The number of carbonyl (C=O) groups is 1. The molecule has 1 aromatic carbocycles. The Balaban J connectivity index is 2.56. The number of hydrogen-bond donors (Lipinski definition) is 2. The molecule has 1 heterocycles. The third-order valence-electron chi connectivity index (χ3n) is 3.35. The van der Waals surface area contributed by atoms with Crippen LogP contribution in [0.25, 0.3) is 11.8 Å². The van der Waals surface area contributed by atoms with E-state index in [-0.39, 0.29) is 33.2 Å². The van der Waals surface area contributed by atoms with Crippen LogP contribution in [-0.4, -0.2) is 22.2 Å². The minimum absolute atomic E-state index is 0.0494. The Morgan fingerprint density at radius 1 is 1.50 bits per heavy atom. The van der Waals surface area contributed by atoms with Crippen molar-refractivity contribution >= 4 is 46.4 Å². The number of phenols is 1. The number of nitrogens with zero attached hydrogens (tertiary/aromatic N) is 2. The molecule has 9 heteroatoms. The molecule has 0 unspecified atom stereocenters. The molecule has 0 bridgehead atoms. The number of ether oxygens (including phenoxy) is 1. The fourth-order valence-corrected chi connectivity index (χ4v) is 3.38. The van der Waals surface area contributed by atoms with Crippen LogP contribution in [0.5, 0.6) is 5.75 Å². The summed E-state index contributed by atoms with van der Waals surface area (Å²) in [7, 11) is 0. The predicted molar refractivity (Wildman–Crippen MR) is 100 cm³/mol. The number of halogens is 1. The van der Waals surface area contributed by atoms with Gasteiger partial charge in [0.1, 0.15) is 21.0 Å². The minimum atomic E-state index is -0.761. The van der Waals surface area contributed by atoms with Crippen LogP contribution in [0.15, 0.2) is 23.0 Å². The predicted octanol–water partition coefficient (Wildman–Crippen LogP) is 1.38. The fraction of sp³-hybridized carbons (Fsp3) is 0.235. The topological polar surface area (TPSA) is 104 Å². The third-order valence-corrected chi connectivity index (χ3v) is 4.78. The van der Waals surface area contributed by atoms with Crippen molar-refractivity contribution in [2.24, 2.45) is 0 Å². The van der Waals surface area contributed by atoms with E-state index in [1.807, 2.05) is 6.07 Å². The number of nitrogens with one attached hydrogen (secondary N) is 1. The van der Waals surface area contributed by atoms with Gasteiger partial charge in [0, 0.05) is 18.4 Å². The Morgan fingerprint density at radius 3 is 2.81 bits per heavy atom. The van der Waals surface area contributed by atoms with Gasteiger partial charge < -0.3 is 15.2 Å². The second kappa shape index (κ2) is 8.56. The minimum Gasteiger partial charge on any atom is -0.506 e. The number of esters is 1. The maximum Gasteiger partial charge on any atom is 0.351 e. The number of aromatic hydroxyl groups is 1. The van der Waals surface area contributed by atoms with E-state index in [1.165, 1.54) is 22.9 Å². The molecule has 2 N–H and O–H groups in total. The van der Waals surface area contributed by atoms with Crippen LogP contribution in [0.4, 0.5) is 5.69 Å². The number of phenolic OH excluding ortho intramolecular Hbond substituents is 1. The molecular weight excluding hydrogens is 378 g/mol. The molecule has 0 spiro atoms. The van der Waals surface area contributed by atoms with Crippen LogP contribution >= 0.6 is 22.9 Å². The molecule has 0 amide bonds. The summed E-state index contributed by atoms with van der Waals surface area (Å²) in [6.45, 7) is 3.82. The van der Waals surface area contributed by atoms with E-state index in [2.05, 4.69) is 5.32 Å². The van der Waals surface area contributed by atoms with Crippen molar-refractivity contribution in [3.8, 4) is 11.8 Å². The van der Waals surface area contributed by atoms with E-state index in [0.717, 1.165) is 11.3 Å². The van der Waals surface area contributed by atoms with Gasteiger partial charge in [-0.3, -0.25) is 9.36 Å². The molecule has 0 aliphatic carbocycles. The molecule has 136 valence electrons. The van der Waals surface area contributed by atoms with Crippen molar-refractivity contribution < 1.29 is 14.6 Å². The first-order valence-corrected chi connectivity index (χ1v) is 8.88. The second-order valence-corrected chi connectivity index (χ2v) is 6.42. The van der Waals surface area contributed by atoms with Crippen LogP contribution < -0.4 is 20.1 Å². The monoisotopic (exact) mass is 393 g/mol. The number of nitriles is 1. The molecule has 0 aliphatic rings. The molecule has 0 atom stereocenters. The quantitative estimate of drug-likeness (QED) is 0.587. The van der Waals surface area contributed by atoms with Crippen molar-refractivity contribution in [1.29, 1.82) is 5.26 Å². The van der Waals surface area contributed by atoms with Gasteiger partial charge in [-0.2, -0.15) is 5.26 Å². The lowest BCUT2D eigenvalue weighted by atomic mass is 10.3. The third kappa shape index (κ3) is 4.07. The molecule has 0 fully saturated rings. The average Bonchev–Trinajstić information content (AvgIpc) is 2.92. The summed E-state index contributed by atoms with van der Waals surface area (Å²) >= 11 is 6.86. The first-order valence-electron chi connectivity index (χ1n) is 7.69. The van der Waals surface area contributed by atoms with Gasteiger partial charge in [0.05, 0.1) is 11.6 Å². The molecule has 0 saturated carbocycles. The van der Waals surface area contributed by atoms with Gasteiger partial charge in [0.2, 0.25) is 0 Å². The van der Waals surface area contributed by atoms with E-state index < -0.39 is 5.97 Å². The lowest BCUT2D eigenvalue weighted by molar-refractivity contribution is -0.136. The van der Waals surface area contributed by atoms with E-state index >= 15 is 0 Å². The zero-order chi connectivity index (χ0) is 19.3. The Morgan fingerprint density at radius 2 is 2.23 bits per heavy atom. The lowest BCUT2D eigenvalue weighted by Gasteiger charge is -2.01. The van der Waals surface area contributed by atoms with Crippen LogP contribution in [0.3, 0.4) is 0 Å². The van der Waals surface area contributed by atoms with Crippen molar-refractivity contribution in [2.75, 3.05) is 11.9 Å². The van der Waals surface area contributed by atoms with Gasteiger partial charge in [-0.25, -0.2) is 4.79 Å². The zero-order valence-corrected chi connectivity index (χ0v) is 15.6.